The van der Waals surface area contributed by atoms with Gasteiger partial charge in [-0.05, 0) is 60.7 Å². The number of carbonyl (C=O) groups excluding carboxylic acids is 2. The normalized spacial score (nSPS) is 18.1. The van der Waals surface area contributed by atoms with Crippen LogP contribution in [-0.2, 0) is 16.0 Å². The summed E-state index contributed by atoms with van der Waals surface area (Å²) in [5.74, 6) is 1.51. The van der Waals surface area contributed by atoms with Gasteiger partial charge < -0.3 is 14.5 Å². The van der Waals surface area contributed by atoms with Gasteiger partial charge in [-0.3, -0.25) is 9.59 Å². The van der Waals surface area contributed by atoms with Crippen molar-refractivity contribution in [2.45, 2.75) is 45.6 Å². The summed E-state index contributed by atoms with van der Waals surface area (Å²) in [5, 5.41) is 2.10. The molecular formula is C24H30N2O3S. The van der Waals surface area contributed by atoms with Gasteiger partial charge in [0.15, 0.2) is 0 Å². The van der Waals surface area contributed by atoms with E-state index >= 15 is 0 Å². The summed E-state index contributed by atoms with van der Waals surface area (Å²) in [6.45, 7) is 5.87. The van der Waals surface area contributed by atoms with Crippen LogP contribution in [0.3, 0.4) is 0 Å². The maximum atomic E-state index is 13.3. The fourth-order valence-electron chi connectivity index (χ4n) is 4.11. The molecule has 1 aromatic carbocycles. The van der Waals surface area contributed by atoms with Crippen LogP contribution >= 0.6 is 11.3 Å². The van der Waals surface area contributed by atoms with E-state index in [1.54, 1.807) is 16.2 Å². The van der Waals surface area contributed by atoms with Crippen LogP contribution < -0.4 is 4.74 Å². The third kappa shape index (κ3) is 4.69. The Hall–Kier alpha value is -2.34. The molecule has 1 atom stereocenters. The lowest BCUT2D eigenvalue weighted by molar-refractivity contribution is -0.142. The van der Waals surface area contributed by atoms with Crippen LogP contribution in [-0.4, -0.2) is 47.9 Å². The zero-order valence-electron chi connectivity index (χ0n) is 17.8. The maximum absolute atomic E-state index is 13.3. The number of para-hydroxylation sites is 1. The average molecular weight is 427 g/mol. The molecular weight excluding hydrogens is 396 g/mol. The number of ether oxygens (including phenoxy) is 1. The van der Waals surface area contributed by atoms with Crippen molar-refractivity contribution in [1.29, 1.82) is 0 Å². The van der Waals surface area contributed by atoms with Crippen molar-refractivity contribution in [2.24, 2.45) is 5.92 Å². The molecule has 0 bridgehead atoms. The Morgan fingerprint density at radius 2 is 2.03 bits per heavy atom. The van der Waals surface area contributed by atoms with E-state index in [-0.39, 0.29) is 24.4 Å². The molecule has 2 aliphatic rings. The van der Waals surface area contributed by atoms with Crippen LogP contribution in [0, 0.1) is 12.8 Å². The Bertz CT molecular complexity index is 905. The SMILES string of the molecule is CCC(=O)N(CC(=O)N1CCc2sccc2C1COc1ccccc1C)CC1CC1. The first-order valence-electron chi connectivity index (χ1n) is 10.9. The number of thiophene rings is 1. The van der Waals surface area contributed by atoms with Crippen molar-refractivity contribution >= 4 is 23.2 Å². The first kappa shape index (κ1) is 20.9. The quantitative estimate of drug-likeness (QED) is 0.635. The van der Waals surface area contributed by atoms with Crippen molar-refractivity contribution in [3.63, 3.8) is 0 Å². The molecule has 1 aliphatic carbocycles. The van der Waals surface area contributed by atoms with Crippen LogP contribution in [0.2, 0.25) is 0 Å². The van der Waals surface area contributed by atoms with E-state index in [0.29, 0.717) is 32.0 Å². The Morgan fingerprint density at radius 1 is 1.23 bits per heavy atom. The van der Waals surface area contributed by atoms with Crippen molar-refractivity contribution < 1.29 is 14.3 Å². The van der Waals surface area contributed by atoms with Crippen molar-refractivity contribution in [3.05, 3.63) is 51.7 Å². The van der Waals surface area contributed by atoms with Crippen molar-refractivity contribution in [3.8, 4) is 5.75 Å². The molecule has 5 nitrogen and oxygen atoms in total. The topological polar surface area (TPSA) is 49.9 Å². The highest BCUT2D eigenvalue weighted by atomic mass is 32.1. The van der Waals surface area contributed by atoms with Gasteiger partial charge in [0, 0.05) is 24.4 Å². The summed E-state index contributed by atoms with van der Waals surface area (Å²) in [7, 11) is 0. The minimum Gasteiger partial charge on any atom is -0.491 e. The predicted molar refractivity (Wildman–Crippen MR) is 119 cm³/mol. The highest BCUT2D eigenvalue weighted by molar-refractivity contribution is 7.10. The van der Waals surface area contributed by atoms with Crippen molar-refractivity contribution in [2.75, 3.05) is 26.2 Å². The maximum Gasteiger partial charge on any atom is 0.242 e. The molecule has 0 radical (unpaired) electrons. The molecule has 1 aromatic heterocycles. The van der Waals surface area contributed by atoms with E-state index in [1.165, 1.54) is 10.4 Å². The highest BCUT2D eigenvalue weighted by Crippen LogP contribution is 2.35. The van der Waals surface area contributed by atoms with E-state index in [4.69, 9.17) is 4.74 Å². The molecule has 160 valence electrons. The Morgan fingerprint density at radius 3 is 2.77 bits per heavy atom. The van der Waals surface area contributed by atoms with Crippen molar-refractivity contribution in [1.82, 2.24) is 9.80 Å². The second-order valence-corrected chi connectivity index (χ2v) is 9.30. The monoisotopic (exact) mass is 426 g/mol. The molecule has 1 fully saturated rings. The number of hydrogen-bond acceptors (Lipinski definition) is 4. The van der Waals surface area contributed by atoms with Crippen LogP contribution in [0.1, 0.15) is 48.2 Å². The fraction of sp³-hybridized carbons (Fsp3) is 0.500. The van der Waals surface area contributed by atoms with Gasteiger partial charge in [0.25, 0.3) is 0 Å². The number of benzene rings is 1. The lowest BCUT2D eigenvalue weighted by Crippen LogP contribution is -2.48. The van der Waals surface area contributed by atoms with Gasteiger partial charge in [-0.25, -0.2) is 0 Å². The van der Waals surface area contributed by atoms with Crippen LogP contribution in [0.5, 0.6) is 5.75 Å². The van der Waals surface area contributed by atoms with E-state index in [1.807, 2.05) is 43.0 Å². The Labute approximate surface area is 182 Å². The number of carbonyl (C=O) groups is 2. The third-order valence-corrected chi connectivity index (χ3v) is 7.06. The lowest BCUT2D eigenvalue weighted by atomic mass is 10.00. The molecule has 4 rings (SSSR count). The minimum atomic E-state index is -0.119. The number of fused-ring (bicyclic) bond motifs is 1. The lowest BCUT2D eigenvalue weighted by Gasteiger charge is -2.37. The number of nitrogens with zero attached hydrogens (tertiary/aromatic N) is 2. The smallest absolute Gasteiger partial charge is 0.242 e. The van der Waals surface area contributed by atoms with Crippen LogP contribution in [0.15, 0.2) is 35.7 Å². The summed E-state index contributed by atoms with van der Waals surface area (Å²) in [6, 6.07) is 9.96. The molecule has 2 heterocycles. The molecule has 0 spiro atoms. The Balaban J connectivity index is 1.50. The molecule has 1 aliphatic heterocycles. The van der Waals surface area contributed by atoms with Gasteiger partial charge in [-0.15, -0.1) is 11.3 Å². The summed E-state index contributed by atoms with van der Waals surface area (Å²) >= 11 is 1.75. The summed E-state index contributed by atoms with van der Waals surface area (Å²) in [5.41, 5.74) is 2.27. The molecule has 0 saturated heterocycles. The molecule has 1 unspecified atom stereocenters. The molecule has 2 amide bonds. The molecule has 1 saturated carbocycles. The number of rotatable bonds is 8. The third-order valence-electron chi connectivity index (χ3n) is 6.06. The number of aryl methyl sites for hydroxylation is 1. The standard InChI is InChI=1S/C24H30N2O3S/c1-3-23(27)25(14-18-8-9-18)15-24(28)26-12-10-22-19(11-13-30-22)20(26)16-29-21-7-5-4-6-17(21)2/h4-7,11,13,18,20H,3,8-10,12,14-16H2,1-2H3. The predicted octanol–water partition coefficient (Wildman–Crippen LogP) is 4.21. The molecule has 6 heteroatoms. The van der Waals surface area contributed by atoms with E-state index in [2.05, 4.69) is 11.4 Å². The zero-order valence-corrected chi connectivity index (χ0v) is 18.6. The second kappa shape index (κ2) is 9.21. The largest absolute Gasteiger partial charge is 0.491 e. The zero-order chi connectivity index (χ0) is 21.1. The van der Waals surface area contributed by atoms with E-state index in [0.717, 1.165) is 30.6 Å². The van der Waals surface area contributed by atoms with Gasteiger partial charge in [-0.1, -0.05) is 25.1 Å². The number of amides is 2. The van der Waals surface area contributed by atoms with E-state index < -0.39 is 0 Å². The van der Waals surface area contributed by atoms with Crippen LogP contribution in [0.4, 0.5) is 0 Å². The van der Waals surface area contributed by atoms with E-state index in [9.17, 15) is 9.59 Å². The molecule has 30 heavy (non-hydrogen) atoms. The minimum absolute atomic E-state index is 0.0210. The summed E-state index contributed by atoms with van der Waals surface area (Å²) in [6.07, 6.45) is 3.63. The van der Waals surface area contributed by atoms with Gasteiger partial charge in [0.2, 0.25) is 11.8 Å². The second-order valence-electron chi connectivity index (χ2n) is 8.30. The first-order valence-corrected chi connectivity index (χ1v) is 11.8. The number of hydrogen-bond donors (Lipinski definition) is 0. The fourth-order valence-corrected chi connectivity index (χ4v) is 5.03. The average Bonchev–Trinajstić information content (AvgIpc) is 3.44. The van der Waals surface area contributed by atoms with Gasteiger partial charge in [0.1, 0.15) is 12.4 Å². The van der Waals surface area contributed by atoms with Gasteiger partial charge >= 0.3 is 0 Å². The molecule has 0 N–H and O–H groups in total. The highest BCUT2D eigenvalue weighted by Gasteiger charge is 2.34. The first-order chi connectivity index (χ1) is 14.6. The van der Waals surface area contributed by atoms with Gasteiger partial charge in [0.05, 0.1) is 12.6 Å². The van der Waals surface area contributed by atoms with Gasteiger partial charge in [-0.2, -0.15) is 0 Å². The van der Waals surface area contributed by atoms with Crippen LogP contribution in [0.25, 0.3) is 0 Å². The Kier molecular flexibility index (Phi) is 6.42. The summed E-state index contributed by atoms with van der Waals surface area (Å²) < 4.78 is 6.16. The molecule has 2 aromatic rings. The summed E-state index contributed by atoms with van der Waals surface area (Å²) in [4.78, 5) is 30.8.